The van der Waals surface area contributed by atoms with E-state index in [0.717, 1.165) is 19.3 Å². The van der Waals surface area contributed by atoms with E-state index in [1.54, 1.807) is 12.3 Å². The maximum atomic E-state index is 9.77. The molecule has 1 aromatic rings. The molecule has 0 saturated heterocycles. The zero-order valence-corrected chi connectivity index (χ0v) is 6.12. The quantitative estimate of drug-likeness (QED) is 0.637. The first-order chi connectivity index (χ1) is 5.31. The Labute approximate surface area is 65.1 Å². The van der Waals surface area contributed by atoms with Crippen LogP contribution in [-0.4, -0.2) is 15.1 Å². The molecule has 3 heteroatoms. The van der Waals surface area contributed by atoms with Gasteiger partial charge in [0, 0.05) is 6.20 Å². The van der Waals surface area contributed by atoms with Crippen LogP contribution in [0.2, 0.25) is 0 Å². The molecule has 0 unspecified atom stereocenters. The fraction of sp³-hybridized carbons (Fsp3) is 0.500. The van der Waals surface area contributed by atoms with Gasteiger partial charge in [-0.3, -0.25) is 0 Å². The molecular formula is C8H9N2O. The van der Waals surface area contributed by atoms with Crippen molar-refractivity contribution in [1.29, 1.82) is 0 Å². The van der Waals surface area contributed by atoms with Crippen LogP contribution in [0.15, 0.2) is 12.3 Å². The molecule has 2 rings (SSSR count). The lowest BCUT2D eigenvalue weighted by molar-refractivity contribution is -0.0427. The van der Waals surface area contributed by atoms with Gasteiger partial charge in [-0.2, -0.15) is 0 Å². The molecule has 1 aliphatic rings. The molecule has 0 aliphatic heterocycles. The molecule has 1 heterocycles. The Kier molecular flexibility index (Phi) is 1.39. The van der Waals surface area contributed by atoms with Crippen LogP contribution in [0.3, 0.4) is 0 Å². The van der Waals surface area contributed by atoms with Crippen LogP contribution < -0.4 is 0 Å². The van der Waals surface area contributed by atoms with Crippen molar-refractivity contribution >= 4 is 0 Å². The first-order valence-electron chi connectivity index (χ1n) is 3.73. The molecule has 11 heavy (non-hydrogen) atoms. The SMILES string of the molecule is OC1(c2ccn[c]n2)CCC1. The number of aromatic nitrogens is 2. The second kappa shape index (κ2) is 2.27. The van der Waals surface area contributed by atoms with Crippen LogP contribution in [-0.2, 0) is 5.60 Å². The average molecular weight is 149 g/mol. The Balaban J connectivity index is 2.29. The van der Waals surface area contributed by atoms with Gasteiger partial charge in [0.1, 0.15) is 5.60 Å². The van der Waals surface area contributed by atoms with Gasteiger partial charge in [0.15, 0.2) is 6.33 Å². The van der Waals surface area contributed by atoms with Crippen molar-refractivity contribution in [3.05, 3.63) is 24.3 Å². The van der Waals surface area contributed by atoms with E-state index in [1.165, 1.54) is 0 Å². The summed E-state index contributed by atoms with van der Waals surface area (Å²) >= 11 is 0. The van der Waals surface area contributed by atoms with Crippen LogP contribution >= 0.6 is 0 Å². The molecule has 0 aromatic carbocycles. The predicted octanol–water partition coefficient (Wildman–Crippen LogP) is 0.648. The number of nitrogens with zero attached hydrogens (tertiary/aromatic N) is 2. The summed E-state index contributed by atoms with van der Waals surface area (Å²) in [6.45, 7) is 0. The molecule has 1 fully saturated rings. The second-order valence-electron chi connectivity index (χ2n) is 2.93. The van der Waals surface area contributed by atoms with Crippen molar-refractivity contribution in [2.75, 3.05) is 0 Å². The molecule has 1 radical (unpaired) electrons. The van der Waals surface area contributed by atoms with Crippen LogP contribution in [0.5, 0.6) is 0 Å². The van der Waals surface area contributed by atoms with Gasteiger partial charge < -0.3 is 5.11 Å². The minimum Gasteiger partial charge on any atom is -0.384 e. The number of rotatable bonds is 1. The number of hydrogen-bond acceptors (Lipinski definition) is 3. The standard InChI is InChI=1S/C8H9N2O/c11-8(3-1-4-8)7-2-5-9-6-10-7/h2,5,11H,1,3-4H2. The van der Waals surface area contributed by atoms with E-state index in [-0.39, 0.29) is 0 Å². The monoisotopic (exact) mass is 149 g/mol. The summed E-state index contributed by atoms with van der Waals surface area (Å²) in [5.41, 5.74) is 0.0400. The summed E-state index contributed by atoms with van der Waals surface area (Å²) in [7, 11) is 0. The van der Waals surface area contributed by atoms with Gasteiger partial charge in [0.2, 0.25) is 0 Å². The van der Waals surface area contributed by atoms with E-state index >= 15 is 0 Å². The third-order valence-electron chi connectivity index (χ3n) is 2.19. The summed E-state index contributed by atoms with van der Waals surface area (Å²) in [6.07, 6.45) is 6.80. The Morgan fingerprint density at radius 2 is 2.36 bits per heavy atom. The van der Waals surface area contributed by atoms with Gasteiger partial charge in [-0.25, -0.2) is 9.97 Å². The molecule has 3 nitrogen and oxygen atoms in total. The molecule has 0 spiro atoms. The second-order valence-corrected chi connectivity index (χ2v) is 2.93. The fourth-order valence-electron chi connectivity index (χ4n) is 1.29. The van der Waals surface area contributed by atoms with Gasteiger partial charge in [0.05, 0.1) is 5.69 Å². The minimum absolute atomic E-state index is 0.667. The smallest absolute Gasteiger partial charge is 0.198 e. The summed E-state index contributed by atoms with van der Waals surface area (Å²) in [5.74, 6) is 0. The highest BCUT2D eigenvalue weighted by molar-refractivity contribution is 5.12. The van der Waals surface area contributed by atoms with Gasteiger partial charge >= 0.3 is 0 Å². The first-order valence-corrected chi connectivity index (χ1v) is 3.73. The molecule has 0 atom stereocenters. The van der Waals surface area contributed by atoms with Crippen molar-refractivity contribution < 1.29 is 5.11 Å². The normalized spacial score (nSPS) is 20.8. The van der Waals surface area contributed by atoms with Crippen molar-refractivity contribution in [1.82, 2.24) is 9.97 Å². The Morgan fingerprint density at radius 3 is 2.82 bits per heavy atom. The topological polar surface area (TPSA) is 46.0 Å². The summed E-state index contributed by atoms with van der Waals surface area (Å²) in [4.78, 5) is 7.56. The van der Waals surface area contributed by atoms with Gasteiger partial charge in [-0.15, -0.1) is 0 Å². The lowest BCUT2D eigenvalue weighted by Gasteiger charge is -2.35. The highest BCUT2D eigenvalue weighted by Gasteiger charge is 2.37. The molecule has 1 aromatic heterocycles. The van der Waals surface area contributed by atoms with Gasteiger partial charge in [0.25, 0.3) is 0 Å². The minimum atomic E-state index is -0.667. The van der Waals surface area contributed by atoms with E-state index in [1.807, 2.05) is 0 Å². The fourth-order valence-corrected chi connectivity index (χ4v) is 1.29. The molecule has 0 amide bonds. The summed E-state index contributed by atoms with van der Waals surface area (Å²) in [5, 5.41) is 9.77. The van der Waals surface area contributed by atoms with Crippen molar-refractivity contribution in [2.45, 2.75) is 24.9 Å². The highest BCUT2D eigenvalue weighted by Crippen LogP contribution is 2.39. The van der Waals surface area contributed by atoms with Crippen LogP contribution in [0.4, 0.5) is 0 Å². The molecule has 1 saturated carbocycles. The van der Waals surface area contributed by atoms with Crippen molar-refractivity contribution in [3.8, 4) is 0 Å². The molecule has 1 aliphatic carbocycles. The predicted molar refractivity (Wildman–Crippen MR) is 38.6 cm³/mol. The Hall–Kier alpha value is -0.960. The lowest BCUT2D eigenvalue weighted by Crippen LogP contribution is -2.34. The van der Waals surface area contributed by atoms with E-state index in [9.17, 15) is 5.11 Å². The highest BCUT2D eigenvalue weighted by atomic mass is 16.3. The molecular weight excluding hydrogens is 140 g/mol. The molecule has 57 valence electrons. The van der Waals surface area contributed by atoms with Crippen molar-refractivity contribution in [3.63, 3.8) is 0 Å². The largest absolute Gasteiger partial charge is 0.384 e. The summed E-state index contributed by atoms with van der Waals surface area (Å²) < 4.78 is 0. The molecule has 0 bridgehead atoms. The summed E-state index contributed by atoms with van der Waals surface area (Å²) in [6, 6.07) is 1.75. The van der Waals surface area contributed by atoms with Crippen LogP contribution in [0.25, 0.3) is 0 Å². The third-order valence-corrected chi connectivity index (χ3v) is 2.19. The maximum Gasteiger partial charge on any atom is 0.198 e. The first kappa shape index (κ1) is 6.73. The zero-order valence-electron chi connectivity index (χ0n) is 6.12. The van der Waals surface area contributed by atoms with Crippen molar-refractivity contribution in [2.24, 2.45) is 0 Å². The molecule has 1 N–H and O–H groups in total. The average Bonchev–Trinajstić information content (AvgIpc) is 2.02. The Bertz CT molecular complexity index is 244. The van der Waals surface area contributed by atoms with Gasteiger partial charge in [-0.05, 0) is 25.3 Å². The van der Waals surface area contributed by atoms with Gasteiger partial charge in [-0.1, -0.05) is 0 Å². The number of hydrogen-bond donors (Lipinski definition) is 1. The lowest BCUT2D eigenvalue weighted by atomic mass is 9.78. The van der Waals surface area contributed by atoms with E-state index in [2.05, 4.69) is 16.3 Å². The Morgan fingerprint density at radius 1 is 1.55 bits per heavy atom. The van der Waals surface area contributed by atoms with Crippen LogP contribution in [0, 0.1) is 6.33 Å². The van der Waals surface area contributed by atoms with E-state index in [0.29, 0.717) is 5.69 Å². The maximum absolute atomic E-state index is 9.77. The van der Waals surface area contributed by atoms with E-state index in [4.69, 9.17) is 0 Å². The van der Waals surface area contributed by atoms with E-state index < -0.39 is 5.60 Å². The third kappa shape index (κ3) is 1.01. The number of aliphatic hydroxyl groups is 1. The zero-order chi connectivity index (χ0) is 7.73. The van der Waals surface area contributed by atoms with Crippen LogP contribution in [0.1, 0.15) is 25.0 Å².